The molecule has 5 rings (SSSR count). The minimum Gasteiger partial charge on any atom is -0.335 e. The van der Waals surface area contributed by atoms with E-state index in [-0.39, 0.29) is 11.9 Å². The largest absolute Gasteiger partial charge is 0.335 e. The van der Waals surface area contributed by atoms with Crippen molar-refractivity contribution < 1.29 is 4.79 Å². The van der Waals surface area contributed by atoms with E-state index >= 15 is 0 Å². The van der Waals surface area contributed by atoms with Gasteiger partial charge in [0.25, 0.3) is 5.91 Å². The Balaban J connectivity index is 1.55. The Morgan fingerprint density at radius 3 is 2.87 bits per heavy atom. The van der Waals surface area contributed by atoms with Crippen molar-refractivity contribution in [2.75, 3.05) is 6.54 Å². The lowest BCUT2D eigenvalue weighted by Crippen LogP contribution is -2.38. The van der Waals surface area contributed by atoms with Crippen molar-refractivity contribution in [1.82, 2.24) is 29.0 Å². The van der Waals surface area contributed by atoms with Crippen molar-refractivity contribution in [3.05, 3.63) is 48.0 Å². The van der Waals surface area contributed by atoms with Crippen molar-refractivity contribution >= 4 is 22.6 Å². The highest BCUT2D eigenvalue weighted by atomic mass is 16.2. The number of imidazole rings is 1. The van der Waals surface area contributed by atoms with E-state index in [4.69, 9.17) is 10.1 Å². The third-order valence-corrected chi connectivity index (χ3v) is 6.42. The summed E-state index contributed by atoms with van der Waals surface area (Å²) >= 11 is 0. The molecule has 0 N–H and O–H groups in total. The molecule has 0 spiro atoms. The quantitative estimate of drug-likeness (QED) is 0.501. The number of nitrogens with zero attached hydrogens (tertiary/aromatic N) is 6. The van der Waals surface area contributed by atoms with Crippen molar-refractivity contribution in [2.45, 2.75) is 52.0 Å². The zero-order chi connectivity index (χ0) is 21.5. The summed E-state index contributed by atoms with van der Waals surface area (Å²) in [6, 6.07) is 10.3. The Bertz CT molecular complexity index is 1270. The fraction of sp³-hybridized carbons (Fsp3) is 0.417. The molecule has 1 unspecified atom stereocenters. The number of fused-ring (bicyclic) bond motifs is 2. The molecule has 0 saturated carbocycles. The van der Waals surface area contributed by atoms with Gasteiger partial charge in [-0.15, -0.1) is 0 Å². The van der Waals surface area contributed by atoms with E-state index in [9.17, 15) is 4.79 Å². The molecule has 0 aliphatic carbocycles. The van der Waals surface area contributed by atoms with Crippen LogP contribution >= 0.6 is 0 Å². The predicted molar refractivity (Wildman–Crippen MR) is 121 cm³/mol. The van der Waals surface area contributed by atoms with Crippen LogP contribution in [0.2, 0.25) is 0 Å². The number of amides is 1. The summed E-state index contributed by atoms with van der Waals surface area (Å²) in [5.74, 6) is 0.0317. The highest BCUT2D eigenvalue weighted by Gasteiger charge is 2.25. The maximum atomic E-state index is 13.3. The molecular formula is C24H28N6O. The summed E-state index contributed by atoms with van der Waals surface area (Å²) in [6.07, 6.45) is 7.08. The number of hydrogen-bond acceptors (Lipinski definition) is 4. The van der Waals surface area contributed by atoms with Gasteiger partial charge in [0.05, 0.1) is 23.1 Å². The molecule has 1 aliphatic heterocycles. The highest BCUT2D eigenvalue weighted by molar-refractivity contribution is 5.93. The third kappa shape index (κ3) is 3.48. The number of carbonyl (C=O) groups excluding carboxylic acids is 1. The lowest BCUT2D eigenvalue weighted by molar-refractivity contribution is 0.0692. The molecule has 4 aromatic rings. The van der Waals surface area contributed by atoms with E-state index in [0.717, 1.165) is 53.8 Å². The Hall–Kier alpha value is -3.22. The van der Waals surface area contributed by atoms with Gasteiger partial charge in [-0.25, -0.2) is 14.5 Å². The van der Waals surface area contributed by atoms with Crippen LogP contribution in [0.15, 0.2) is 36.7 Å². The first-order valence-corrected chi connectivity index (χ1v) is 11.2. The highest BCUT2D eigenvalue weighted by Crippen LogP contribution is 2.25. The van der Waals surface area contributed by atoms with E-state index in [2.05, 4.69) is 31.0 Å². The summed E-state index contributed by atoms with van der Waals surface area (Å²) in [5, 5.41) is 4.80. The molecule has 0 radical (unpaired) electrons. The molecule has 7 nitrogen and oxygen atoms in total. The average molecular weight is 417 g/mol. The summed E-state index contributed by atoms with van der Waals surface area (Å²) < 4.78 is 3.86. The van der Waals surface area contributed by atoms with Gasteiger partial charge in [-0.3, -0.25) is 4.79 Å². The summed E-state index contributed by atoms with van der Waals surface area (Å²) in [5.41, 5.74) is 6.06. The second-order valence-corrected chi connectivity index (χ2v) is 8.54. The first-order valence-electron chi connectivity index (χ1n) is 11.2. The number of hydrogen-bond donors (Lipinski definition) is 0. The Labute approximate surface area is 181 Å². The second-order valence-electron chi connectivity index (χ2n) is 8.54. The van der Waals surface area contributed by atoms with Gasteiger partial charge >= 0.3 is 0 Å². The van der Waals surface area contributed by atoms with Gasteiger partial charge < -0.3 is 9.47 Å². The maximum absolute atomic E-state index is 13.3. The van der Waals surface area contributed by atoms with Gasteiger partial charge in [0.1, 0.15) is 5.69 Å². The lowest BCUT2D eigenvalue weighted by atomic mass is 10.1. The summed E-state index contributed by atoms with van der Waals surface area (Å²) in [7, 11) is 1.99. The first kappa shape index (κ1) is 19.7. The van der Waals surface area contributed by atoms with Gasteiger partial charge in [-0.2, -0.15) is 5.10 Å². The predicted octanol–water partition coefficient (Wildman–Crippen LogP) is 4.25. The van der Waals surface area contributed by atoms with Crippen molar-refractivity contribution in [3.8, 4) is 11.3 Å². The molecule has 1 aromatic carbocycles. The Morgan fingerprint density at radius 1 is 1.16 bits per heavy atom. The van der Waals surface area contributed by atoms with E-state index in [0.29, 0.717) is 11.3 Å². The fourth-order valence-electron chi connectivity index (χ4n) is 4.56. The summed E-state index contributed by atoms with van der Waals surface area (Å²) in [6.45, 7) is 5.04. The van der Waals surface area contributed by atoms with Crippen LogP contribution in [0, 0.1) is 0 Å². The van der Waals surface area contributed by atoms with E-state index < -0.39 is 0 Å². The van der Waals surface area contributed by atoms with Crippen molar-refractivity contribution in [1.29, 1.82) is 0 Å². The molecule has 7 heteroatoms. The molecule has 1 atom stereocenters. The molecule has 1 aliphatic rings. The van der Waals surface area contributed by atoms with Gasteiger partial charge in [-0.05, 0) is 44.4 Å². The molecule has 31 heavy (non-hydrogen) atoms. The fourth-order valence-corrected chi connectivity index (χ4v) is 4.56. The minimum absolute atomic E-state index is 0.0317. The Morgan fingerprint density at radius 2 is 2.03 bits per heavy atom. The van der Waals surface area contributed by atoms with Gasteiger partial charge in [0.2, 0.25) is 0 Å². The molecule has 3 aromatic heterocycles. The summed E-state index contributed by atoms with van der Waals surface area (Å²) in [4.78, 5) is 24.5. The molecular weight excluding hydrogens is 388 g/mol. The molecule has 1 amide bonds. The molecule has 1 fully saturated rings. The average Bonchev–Trinajstić information content (AvgIpc) is 3.31. The van der Waals surface area contributed by atoms with Crippen molar-refractivity contribution in [2.24, 2.45) is 7.05 Å². The van der Waals surface area contributed by atoms with Gasteiger partial charge in [0, 0.05) is 37.0 Å². The van der Waals surface area contributed by atoms with Gasteiger partial charge in [-0.1, -0.05) is 25.8 Å². The number of aromatic nitrogens is 5. The normalized spacial score (nSPS) is 17.4. The SMILES string of the molecule is CCc1cc(C(=O)N2CCCCCC2C)nc2cc(-c3ccc4c(c3)ncn4C)nn12. The number of carbonyl (C=O) groups is 1. The number of aryl methyl sites for hydroxylation is 2. The van der Waals surface area contributed by atoms with Crippen LogP contribution in [0.5, 0.6) is 0 Å². The zero-order valence-corrected chi connectivity index (χ0v) is 18.4. The van der Waals surface area contributed by atoms with Crippen LogP contribution in [-0.2, 0) is 13.5 Å². The van der Waals surface area contributed by atoms with E-state index in [1.807, 2.05) is 45.6 Å². The van der Waals surface area contributed by atoms with E-state index in [1.165, 1.54) is 12.8 Å². The van der Waals surface area contributed by atoms with Crippen LogP contribution < -0.4 is 0 Å². The number of benzene rings is 1. The molecule has 1 saturated heterocycles. The van der Waals surface area contributed by atoms with Gasteiger partial charge in [0.15, 0.2) is 5.65 Å². The molecule has 160 valence electrons. The smallest absolute Gasteiger partial charge is 0.272 e. The Kier molecular flexibility index (Phi) is 4.96. The third-order valence-electron chi connectivity index (χ3n) is 6.42. The van der Waals surface area contributed by atoms with Crippen LogP contribution in [0.1, 0.15) is 55.7 Å². The monoisotopic (exact) mass is 416 g/mol. The minimum atomic E-state index is 0.0317. The lowest BCUT2D eigenvalue weighted by Gasteiger charge is -2.27. The van der Waals surface area contributed by atoms with Crippen LogP contribution in [0.3, 0.4) is 0 Å². The van der Waals surface area contributed by atoms with Crippen LogP contribution in [0.4, 0.5) is 0 Å². The molecule has 0 bridgehead atoms. The standard InChI is InChI=1S/C24H28N6O/c1-4-18-13-21(24(31)29-11-7-5-6-8-16(29)2)26-23-14-19(27-30(18)23)17-9-10-22-20(12-17)25-15-28(22)3/h9-10,12-16H,4-8,11H2,1-3H3. The molecule has 4 heterocycles. The van der Waals surface area contributed by atoms with Crippen LogP contribution in [-0.4, -0.2) is 47.5 Å². The maximum Gasteiger partial charge on any atom is 0.272 e. The first-order chi connectivity index (χ1) is 15.0. The number of likely N-dealkylation sites (tertiary alicyclic amines) is 1. The number of rotatable bonds is 3. The second kappa shape index (κ2) is 7.80. The topological polar surface area (TPSA) is 68.3 Å². The van der Waals surface area contributed by atoms with E-state index in [1.54, 1.807) is 0 Å². The van der Waals surface area contributed by atoms with Crippen molar-refractivity contribution in [3.63, 3.8) is 0 Å². The zero-order valence-electron chi connectivity index (χ0n) is 18.4. The van der Waals surface area contributed by atoms with Crippen LogP contribution in [0.25, 0.3) is 27.9 Å².